The maximum Gasteiger partial charge on any atom is 0.237 e. The Kier molecular flexibility index (Phi) is 6.16. The number of para-hydroxylation sites is 1. The molecule has 0 aromatic heterocycles. The first-order valence-corrected chi connectivity index (χ1v) is 12.8. The number of carbonyl (C=O) groups is 1. The molecule has 1 aromatic rings. The Balaban J connectivity index is 1.37. The van der Waals surface area contributed by atoms with Crippen molar-refractivity contribution in [1.82, 2.24) is 9.80 Å². The van der Waals surface area contributed by atoms with Gasteiger partial charge in [0.15, 0.2) is 9.84 Å². The van der Waals surface area contributed by atoms with Gasteiger partial charge in [-0.3, -0.25) is 9.69 Å². The fourth-order valence-corrected chi connectivity index (χ4v) is 6.93. The molecule has 1 saturated carbocycles. The molecule has 1 aliphatic carbocycles. The molecule has 29 heavy (non-hydrogen) atoms. The number of rotatable bonds is 5. The van der Waals surface area contributed by atoms with Gasteiger partial charge in [-0.15, -0.1) is 0 Å². The number of nitrogens with zero attached hydrogens (tertiary/aromatic N) is 3. The predicted octanol–water partition coefficient (Wildman–Crippen LogP) is 2.08. The first-order chi connectivity index (χ1) is 13.9. The summed E-state index contributed by atoms with van der Waals surface area (Å²) in [7, 11) is -2.99. The van der Waals surface area contributed by atoms with Gasteiger partial charge in [-0.1, -0.05) is 31.0 Å². The van der Waals surface area contributed by atoms with E-state index in [4.69, 9.17) is 0 Å². The summed E-state index contributed by atoms with van der Waals surface area (Å²) < 4.78 is 24.0. The summed E-state index contributed by atoms with van der Waals surface area (Å²) in [6.45, 7) is 6.11. The van der Waals surface area contributed by atoms with E-state index < -0.39 is 9.84 Å². The van der Waals surface area contributed by atoms with Crippen LogP contribution in [0.15, 0.2) is 24.3 Å². The van der Waals surface area contributed by atoms with Gasteiger partial charge >= 0.3 is 0 Å². The van der Waals surface area contributed by atoms with Crippen molar-refractivity contribution < 1.29 is 13.2 Å². The fraction of sp³-hybridized carbons (Fsp3) is 0.682. The lowest BCUT2D eigenvalue weighted by molar-refractivity contribution is -0.137. The maximum atomic E-state index is 13.3. The predicted molar refractivity (Wildman–Crippen MR) is 116 cm³/mol. The van der Waals surface area contributed by atoms with Crippen LogP contribution in [0.25, 0.3) is 0 Å². The maximum absolute atomic E-state index is 13.3. The molecule has 160 valence electrons. The van der Waals surface area contributed by atoms with Crippen LogP contribution in [-0.4, -0.2) is 80.4 Å². The summed E-state index contributed by atoms with van der Waals surface area (Å²) in [4.78, 5) is 19.9. The van der Waals surface area contributed by atoms with Crippen LogP contribution in [0.3, 0.4) is 0 Å². The highest BCUT2D eigenvalue weighted by Gasteiger charge is 2.39. The van der Waals surface area contributed by atoms with E-state index in [2.05, 4.69) is 41.0 Å². The van der Waals surface area contributed by atoms with Gasteiger partial charge < -0.3 is 9.80 Å². The second-order valence-corrected chi connectivity index (χ2v) is 11.1. The van der Waals surface area contributed by atoms with Crippen molar-refractivity contribution in [1.29, 1.82) is 0 Å². The largest absolute Gasteiger partial charge is 0.369 e. The van der Waals surface area contributed by atoms with E-state index in [1.807, 2.05) is 4.90 Å². The molecule has 0 bridgehead atoms. The average molecular weight is 420 g/mol. The Morgan fingerprint density at radius 1 is 1.03 bits per heavy atom. The van der Waals surface area contributed by atoms with Gasteiger partial charge in [-0.25, -0.2) is 8.42 Å². The molecule has 4 rings (SSSR count). The number of anilines is 1. The van der Waals surface area contributed by atoms with Gasteiger partial charge in [0.05, 0.1) is 18.1 Å². The van der Waals surface area contributed by atoms with E-state index in [0.29, 0.717) is 13.0 Å². The zero-order valence-corrected chi connectivity index (χ0v) is 18.2. The van der Waals surface area contributed by atoms with Gasteiger partial charge in [0.25, 0.3) is 0 Å². The van der Waals surface area contributed by atoms with Gasteiger partial charge in [0.2, 0.25) is 5.91 Å². The highest BCUT2D eigenvalue weighted by atomic mass is 32.2. The molecule has 7 heteroatoms. The monoisotopic (exact) mass is 419 g/mol. The van der Waals surface area contributed by atoms with Crippen molar-refractivity contribution in [2.75, 3.05) is 49.1 Å². The third-order valence-corrected chi connectivity index (χ3v) is 8.55. The first kappa shape index (κ1) is 20.7. The average Bonchev–Trinajstić information content (AvgIpc) is 3.33. The Labute approximate surface area is 174 Å². The molecule has 0 N–H and O–H groups in total. The lowest BCUT2D eigenvalue weighted by Crippen LogP contribution is -2.54. The normalized spacial score (nSPS) is 25.4. The SMILES string of the molecule is Cc1ccccc1N1CCN(CC(=O)N(C2CCCC2)[C@@H]2CCS(=O)(=O)C2)CC1. The van der Waals surface area contributed by atoms with Crippen molar-refractivity contribution >= 4 is 21.4 Å². The quantitative estimate of drug-likeness (QED) is 0.731. The van der Waals surface area contributed by atoms with Crippen LogP contribution in [0.5, 0.6) is 0 Å². The number of hydrogen-bond acceptors (Lipinski definition) is 5. The van der Waals surface area contributed by atoms with Crippen LogP contribution in [0.4, 0.5) is 5.69 Å². The second-order valence-electron chi connectivity index (χ2n) is 8.85. The van der Waals surface area contributed by atoms with Crippen LogP contribution in [0.2, 0.25) is 0 Å². The Bertz CT molecular complexity index is 827. The number of aryl methyl sites for hydroxylation is 1. The number of carbonyl (C=O) groups excluding carboxylic acids is 1. The molecular formula is C22H33N3O3S. The van der Waals surface area contributed by atoms with Crippen molar-refractivity contribution in [3.8, 4) is 0 Å². The molecule has 0 radical (unpaired) electrons. The minimum Gasteiger partial charge on any atom is -0.369 e. The second kappa shape index (κ2) is 8.64. The zero-order valence-electron chi connectivity index (χ0n) is 17.4. The van der Waals surface area contributed by atoms with Gasteiger partial charge in [0.1, 0.15) is 0 Å². The van der Waals surface area contributed by atoms with Crippen molar-refractivity contribution in [2.24, 2.45) is 0 Å². The van der Waals surface area contributed by atoms with Crippen LogP contribution in [0.1, 0.15) is 37.7 Å². The van der Waals surface area contributed by atoms with Crippen molar-refractivity contribution in [3.63, 3.8) is 0 Å². The molecule has 1 aromatic carbocycles. The topological polar surface area (TPSA) is 60.9 Å². The summed E-state index contributed by atoms with van der Waals surface area (Å²) in [5.41, 5.74) is 2.56. The smallest absolute Gasteiger partial charge is 0.237 e. The Hall–Kier alpha value is -1.60. The highest BCUT2D eigenvalue weighted by molar-refractivity contribution is 7.91. The van der Waals surface area contributed by atoms with Crippen LogP contribution >= 0.6 is 0 Å². The fourth-order valence-electron chi connectivity index (χ4n) is 5.22. The third kappa shape index (κ3) is 4.77. The van der Waals surface area contributed by atoms with Gasteiger partial charge in [0, 0.05) is 44.0 Å². The van der Waals surface area contributed by atoms with Gasteiger partial charge in [-0.05, 0) is 37.8 Å². The summed E-state index contributed by atoms with van der Waals surface area (Å²) in [6, 6.07) is 8.55. The lowest BCUT2D eigenvalue weighted by Gasteiger charge is -2.39. The number of sulfone groups is 1. The number of benzene rings is 1. The van der Waals surface area contributed by atoms with E-state index in [1.165, 1.54) is 11.3 Å². The highest BCUT2D eigenvalue weighted by Crippen LogP contribution is 2.29. The summed E-state index contributed by atoms with van der Waals surface area (Å²) in [5, 5.41) is 0. The van der Waals surface area contributed by atoms with Crippen LogP contribution < -0.4 is 4.90 Å². The number of hydrogen-bond donors (Lipinski definition) is 0. The van der Waals surface area contributed by atoms with Crippen molar-refractivity contribution in [3.05, 3.63) is 29.8 Å². The summed E-state index contributed by atoms with van der Waals surface area (Å²) in [6.07, 6.45) is 4.92. The minimum absolute atomic E-state index is 0.121. The first-order valence-electron chi connectivity index (χ1n) is 11.0. The van der Waals surface area contributed by atoms with E-state index in [1.54, 1.807) is 0 Å². The Morgan fingerprint density at radius 3 is 2.34 bits per heavy atom. The van der Waals surface area contributed by atoms with Gasteiger partial charge in [-0.2, -0.15) is 0 Å². The summed E-state index contributed by atoms with van der Waals surface area (Å²) in [5.74, 6) is 0.503. The number of piperazine rings is 1. The molecule has 2 aliphatic heterocycles. The summed E-state index contributed by atoms with van der Waals surface area (Å²) >= 11 is 0. The molecule has 3 aliphatic rings. The zero-order chi connectivity index (χ0) is 20.4. The van der Waals surface area contributed by atoms with E-state index in [9.17, 15) is 13.2 Å². The Morgan fingerprint density at radius 2 is 1.72 bits per heavy atom. The molecule has 2 heterocycles. The lowest BCUT2D eigenvalue weighted by atomic mass is 10.1. The molecule has 0 spiro atoms. The molecule has 2 saturated heterocycles. The molecular weight excluding hydrogens is 386 g/mol. The molecule has 1 atom stereocenters. The van der Waals surface area contributed by atoms with E-state index >= 15 is 0 Å². The molecule has 3 fully saturated rings. The molecule has 6 nitrogen and oxygen atoms in total. The van der Waals surface area contributed by atoms with E-state index in [-0.39, 0.29) is 29.5 Å². The molecule has 1 amide bonds. The molecule has 0 unspecified atom stereocenters. The minimum atomic E-state index is -2.99. The van der Waals surface area contributed by atoms with Crippen LogP contribution in [0, 0.1) is 6.92 Å². The third-order valence-electron chi connectivity index (χ3n) is 6.80. The standard InChI is InChI=1S/C22H33N3O3S/c1-18-6-2-5-9-21(18)24-13-11-23(12-14-24)16-22(26)25(19-7-3-4-8-19)20-10-15-29(27,28)17-20/h2,5-6,9,19-20H,3-4,7-8,10-17H2,1H3/t20-/m1/s1. The van der Waals surface area contributed by atoms with Crippen molar-refractivity contribution in [2.45, 2.75) is 51.1 Å². The van der Waals surface area contributed by atoms with E-state index in [0.717, 1.165) is 51.9 Å². The number of amides is 1. The van der Waals surface area contributed by atoms with Crippen LogP contribution in [-0.2, 0) is 14.6 Å².